The number of methoxy groups -OCH3 is 1. The lowest BCUT2D eigenvalue weighted by molar-refractivity contribution is -0.114. The Morgan fingerprint density at radius 3 is 2.42 bits per heavy atom. The number of aromatic hydroxyl groups is 1. The monoisotopic (exact) mass is 368 g/mol. The van der Waals surface area contributed by atoms with Crippen LogP contribution in [-0.4, -0.2) is 24.0 Å². The quantitative estimate of drug-likeness (QED) is 0.762. The van der Waals surface area contributed by atoms with Gasteiger partial charge in [-0.25, -0.2) is 0 Å². The Labute approximate surface area is 148 Å². The number of halogens is 2. The summed E-state index contributed by atoms with van der Waals surface area (Å²) >= 11 is 11.7. The van der Waals surface area contributed by atoms with Crippen molar-refractivity contribution in [2.75, 3.05) is 17.7 Å². The van der Waals surface area contributed by atoms with Crippen LogP contribution in [-0.2, 0) is 4.79 Å². The molecule has 0 heterocycles. The lowest BCUT2D eigenvalue weighted by atomic mass is 10.1. The Morgan fingerprint density at radius 1 is 1.12 bits per heavy atom. The zero-order valence-corrected chi connectivity index (χ0v) is 14.3. The number of ether oxygens (including phenoxy) is 1. The van der Waals surface area contributed by atoms with Gasteiger partial charge in [0.15, 0.2) is 0 Å². The maximum Gasteiger partial charge on any atom is 0.260 e. The fourth-order valence-corrected chi connectivity index (χ4v) is 2.62. The highest BCUT2D eigenvalue weighted by Crippen LogP contribution is 2.32. The second kappa shape index (κ2) is 7.42. The molecule has 0 aromatic heterocycles. The number of hydrogen-bond acceptors (Lipinski definition) is 4. The molecule has 0 unspecified atom stereocenters. The summed E-state index contributed by atoms with van der Waals surface area (Å²) < 4.78 is 5.14. The van der Waals surface area contributed by atoms with Crippen LogP contribution in [0.4, 0.5) is 11.4 Å². The molecule has 126 valence electrons. The Kier molecular flexibility index (Phi) is 5.54. The van der Waals surface area contributed by atoms with Crippen LogP contribution in [0, 0.1) is 0 Å². The van der Waals surface area contributed by atoms with Gasteiger partial charge in [0.1, 0.15) is 17.1 Å². The van der Waals surface area contributed by atoms with Crippen molar-refractivity contribution in [3.63, 3.8) is 0 Å². The predicted octanol–water partition coefficient (Wildman–Crippen LogP) is 3.92. The van der Waals surface area contributed by atoms with Crippen molar-refractivity contribution in [2.24, 2.45) is 0 Å². The van der Waals surface area contributed by atoms with E-state index in [1.165, 1.54) is 32.2 Å². The van der Waals surface area contributed by atoms with Crippen LogP contribution < -0.4 is 15.4 Å². The number of phenols is 1. The number of hydrogen-bond donors (Lipinski definition) is 3. The first kappa shape index (κ1) is 17.9. The van der Waals surface area contributed by atoms with E-state index in [1.807, 2.05) is 0 Å². The van der Waals surface area contributed by atoms with Gasteiger partial charge in [0.25, 0.3) is 5.91 Å². The maximum atomic E-state index is 12.3. The van der Waals surface area contributed by atoms with E-state index >= 15 is 0 Å². The minimum absolute atomic E-state index is 0.0214. The largest absolute Gasteiger partial charge is 0.507 e. The summed E-state index contributed by atoms with van der Waals surface area (Å²) in [5, 5.41) is 15.3. The van der Waals surface area contributed by atoms with E-state index < -0.39 is 5.91 Å². The lowest BCUT2D eigenvalue weighted by Gasteiger charge is -2.13. The standard InChI is InChI=1S/C16H14Cl2N2O4/c1-8(21)19-12-7-10(3-4-14(12)24-2)20-16(23)15-11(18)5-9(17)6-13(15)22/h3-7,22H,1-2H3,(H,19,21)(H,20,23). The lowest BCUT2D eigenvalue weighted by Crippen LogP contribution is -2.14. The third-order valence-corrected chi connectivity index (χ3v) is 3.55. The molecule has 0 aliphatic heterocycles. The van der Waals surface area contributed by atoms with E-state index in [4.69, 9.17) is 27.9 Å². The fraction of sp³-hybridized carbons (Fsp3) is 0.125. The van der Waals surface area contributed by atoms with Crippen molar-refractivity contribution < 1.29 is 19.4 Å². The van der Waals surface area contributed by atoms with E-state index in [9.17, 15) is 14.7 Å². The highest BCUT2D eigenvalue weighted by Gasteiger charge is 2.17. The summed E-state index contributed by atoms with van der Waals surface area (Å²) in [7, 11) is 1.46. The Balaban J connectivity index is 2.31. The topological polar surface area (TPSA) is 87.7 Å². The average molecular weight is 369 g/mol. The Hall–Kier alpha value is -2.44. The van der Waals surface area contributed by atoms with Crippen LogP contribution in [0.2, 0.25) is 10.0 Å². The average Bonchev–Trinajstić information content (AvgIpc) is 2.45. The first-order valence-electron chi connectivity index (χ1n) is 6.76. The maximum absolute atomic E-state index is 12.3. The van der Waals surface area contributed by atoms with Crippen LogP contribution in [0.1, 0.15) is 17.3 Å². The Bertz CT molecular complexity index is 786. The molecule has 0 saturated heterocycles. The molecule has 2 rings (SSSR count). The molecule has 0 atom stereocenters. The predicted molar refractivity (Wildman–Crippen MR) is 93.4 cm³/mol. The van der Waals surface area contributed by atoms with Gasteiger partial charge in [-0.1, -0.05) is 23.2 Å². The van der Waals surface area contributed by atoms with Crippen molar-refractivity contribution in [3.8, 4) is 11.5 Å². The van der Waals surface area contributed by atoms with Crippen LogP contribution in [0.15, 0.2) is 30.3 Å². The molecule has 24 heavy (non-hydrogen) atoms. The highest BCUT2D eigenvalue weighted by molar-refractivity contribution is 6.37. The van der Waals surface area contributed by atoms with Crippen LogP contribution in [0.25, 0.3) is 0 Å². The summed E-state index contributed by atoms with van der Waals surface area (Å²) in [4.78, 5) is 23.6. The third kappa shape index (κ3) is 4.10. The van der Waals surface area contributed by atoms with Gasteiger partial charge in [-0.2, -0.15) is 0 Å². The van der Waals surface area contributed by atoms with E-state index in [2.05, 4.69) is 10.6 Å². The third-order valence-electron chi connectivity index (χ3n) is 3.03. The SMILES string of the molecule is COc1ccc(NC(=O)c2c(O)cc(Cl)cc2Cl)cc1NC(C)=O. The molecule has 2 amide bonds. The second-order valence-corrected chi connectivity index (χ2v) is 5.68. The molecule has 0 aliphatic carbocycles. The molecule has 0 aliphatic rings. The Morgan fingerprint density at radius 2 is 1.83 bits per heavy atom. The molecule has 0 spiro atoms. The highest BCUT2D eigenvalue weighted by atomic mass is 35.5. The van der Waals surface area contributed by atoms with Crippen molar-refractivity contribution in [1.82, 2.24) is 0 Å². The molecular weight excluding hydrogens is 355 g/mol. The number of carbonyl (C=O) groups excluding carboxylic acids is 2. The molecule has 0 bridgehead atoms. The van der Waals surface area contributed by atoms with Gasteiger partial charge in [-0.15, -0.1) is 0 Å². The zero-order valence-electron chi connectivity index (χ0n) is 12.8. The van der Waals surface area contributed by atoms with Crippen molar-refractivity contribution >= 4 is 46.4 Å². The van der Waals surface area contributed by atoms with Gasteiger partial charge in [0.2, 0.25) is 5.91 Å². The minimum Gasteiger partial charge on any atom is -0.507 e. The molecule has 6 nitrogen and oxygen atoms in total. The summed E-state index contributed by atoms with van der Waals surface area (Å²) in [5.74, 6) is -0.792. The van der Waals surface area contributed by atoms with Crippen LogP contribution >= 0.6 is 23.2 Å². The summed E-state index contributed by atoms with van der Waals surface area (Å²) in [5.41, 5.74) is 0.683. The number of rotatable bonds is 4. The van der Waals surface area contributed by atoms with Crippen LogP contribution in [0.5, 0.6) is 11.5 Å². The van der Waals surface area contributed by atoms with Gasteiger partial charge in [-0.05, 0) is 30.3 Å². The zero-order chi connectivity index (χ0) is 17.9. The molecule has 0 radical (unpaired) electrons. The number of carbonyl (C=O) groups is 2. The number of nitrogens with one attached hydrogen (secondary N) is 2. The smallest absolute Gasteiger partial charge is 0.260 e. The van der Waals surface area contributed by atoms with E-state index in [0.29, 0.717) is 17.1 Å². The second-order valence-electron chi connectivity index (χ2n) is 4.83. The number of anilines is 2. The van der Waals surface area contributed by atoms with Gasteiger partial charge >= 0.3 is 0 Å². The van der Waals surface area contributed by atoms with Gasteiger partial charge in [-0.3, -0.25) is 9.59 Å². The van der Waals surface area contributed by atoms with Gasteiger partial charge in [0, 0.05) is 17.6 Å². The fourth-order valence-electron chi connectivity index (χ4n) is 2.05. The normalized spacial score (nSPS) is 10.2. The van der Waals surface area contributed by atoms with E-state index in [1.54, 1.807) is 12.1 Å². The summed E-state index contributed by atoms with van der Waals surface area (Å²) in [6.07, 6.45) is 0. The van der Waals surface area contributed by atoms with E-state index in [0.717, 1.165) is 0 Å². The van der Waals surface area contributed by atoms with Crippen molar-refractivity contribution in [2.45, 2.75) is 6.92 Å². The molecule has 3 N–H and O–H groups in total. The summed E-state index contributed by atoms with van der Waals surface area (Å²) in [6, 6.07) is 7.28. The van der Waals surface area contributed by atoms with Gasteiger partial charge < -0.3 is 20.5 Å². The minimum atomic E-state index is -0.617. The molecule has 0 saturated carbocycles. The molecular formula is C16H14Cl2N2O4. The molecule has 2 aromatic rings. The molecule has 2 aromatic carbocycles. The number of amides is 2. The molecule has 0 fully saturated rings. The van der Waals surface area contributed by atoms with Crippen molar-refractivity contribution in [1.29, 1.82) is 0 Å². The van der Waals surface area contributed by atoms with Crippen molar-refractivity contribution in [3.05, 3.63) is 45.9 Å². The number of phenolic OH excluding ortho intramolecular Hbond substituents is 1. The van der Waals surface area contributed by atoms with Crippen LogP contribution in [0.3, 0.4) is 0 Å². The number of benzene rings is 2. The van der Waals surface area contributed by atoms with Gasteiger partial charge in [0.05, 0.1) is 17.8 Å². The first-order chi connectivity index (χ1) is 11.3. The molecule has 8 heteroatoms. The first-order valence-corrected chi connectivity index (χ1v) is 7.52. The van der Waals surface area contributed by atoms with E-state index in [-0.39, 0.29) is 27.3 Å². The summed E-state index contributed by atoms with van der Waals surface area (Å²) in [6.45, 7) is 1.36.